The average Bonchev–Trinajstić information content (AvgIpc) is 2.72. The van der Waals surface area contributed by atoms with Gasteiger partial charge in [0, 0.05) is 20.1 Å². The quantitative estimate of drug-likeness (QED) is 0.356. The number of hydrogen-bond donors (Lipinski definition) is 1. The molecule has 0 bridgehead atoms. The lowest BCUT2D eigenvalue weighted by molar-refractivity contribution is -0.00827. The molecule has 8 heteroatoms. The molecule has 0 aromatic heterocycles. The number of guanidine groups is 1. The number of aliphatic imine (C=N–C) groups is 1. The number of nitrogens with one attached hydrogen (secondary N) is 1. The monoisotopic (exact) mass is 543 g/mol. The van der Waals surface area contributed by atoms with E-state index in [0.29, 0.717) is 37.1 Å². The Kier molecular flexibility index (Phi) is 9.11. The van der Waals surface area contributed by atoms with Gasteiger partial charge in [0.05, 0.1) is 23.8 Å². The number of ether oxygens (including phenoxy) is 1. The third kappa shape index (κ3) is 6.18. The molecule has 0 aliphatic carbocycles. The molecule has 1 saturated heterocycles. The number of sulfone groups is 1. The Hall–Kier alpha value is -1.65. The molecule has 1 aliphatic rings. The molecule has 164 valence electrons. The first-order chi connectivity index (χ1) is 13.9. The molecule has 0 saturated carbocycles. The molecule has 30 heavy (non-hydrogen) atoms. The third-order valence-electron chi connectivity index (χ3n) is 5.11. The number of morpholine rings is 1. The van der Waals surface area contributed by atoms with E-state index in [1.807, 2.05) is 6.07 Å². The van der Waals surface area contributed by atoms with Crippen LogP contribution in [-0.4, -0.2) is 58.3 Å². The van der Waals surface area contributed by atoms with Gasteiger partial charge in [0.25, 0.3) is 0 Å². The highest BCUT2D eigenvalue weighted by molar-refractivity contribution is 14.0. The average molecular weight is 543 g/mol. The SMILES string of the molecule is CN=C(NCCS(=O)(=O)c1ccccc1)N1CCOC(c2ccc(C)cc2C)C1.I. The molecule has 3 rings (SSSR count). The molecular weight excluding hydrogens is 513 g/mol. The van der Waals surface area contributed by atoms with E-state index < -0.39 is 9.84 Å². The minimum absolute atomic E-state index is 0. The maximum absolute atomic E-state index is 12.5. The predicted octanol–water partition coefficient (Wildman–Crippen LogP) is 3.34. The van der Waals surface area contributed by atoms with E-state index in [4.69, 9.17) is 4.74 Å². The molecule has 2 aromatic carbocycles. The van der Waals surface area contributed by atoms with Gasteiger partial charge in [-0.25, -0.2) is 8.42 Å². The summed E-state index contributed by atoms with van der Waals surface area (Å²) in [6.45, 7) is 6.48. The van der Waals surface area contributed by atoms with Crippen LogP contribution in [0.4, 0.5) is 0 Å². The Morgan fingerprint density at radius 1 is 1.20 bits per heavy atom. The van der Waals surface area contributed by atoms with E-state index in [0.717, 1.165) is 0 Å². The molecule has 0 spiro atoms. The minimum Gasteiger partial charge on any atom is -0.370 e. The second-order valence-corrected chi connectivity index (χ2v) is 9.38. The van der Waals surface area contributed by atoms with Crippen LogP contribution in [-0.2, 0) is 14.6 Å². The van der Waals surface area contributed by atoms with E-state index in [2.05, 4.69) is 47.3 Å². The first kappa shape index (κ1) is 24.6. The Labute approximate surface area is 196 Å². The second-order valence-electron chi connectivity index (χ2n) is 7.27. The largest absolute Gasteiger partial charge is 0.370 e. The number of benzene rings is 2. The first-order valence-electron chi connectivity index (χ1n) is 9.83. The molecule has 1 heterocycles. The molecule has 1 aliphatic heterocycles. The second kappa shape index (κ2) is 11.1. The Balaban J connectivity index is 0.00000320. The molecule has 1 atom stereocenters. The summed E-state index contributed by atoms with van der Waals surface area (Å²) >= 11 is 0. The molecule has 1 fully saturated rings. The summed E-state index contributed by atoms with van der Waals surface area (Å²) < 4.78 is 30.9. The van der Waals surface area contributed by atoms with Gasteiger partial charge in [0.1, 0.15) is 6.10 Å². The maximum Gasteiger partial charge on any atom is 0.193 e. The van der Waals surface area contributed by atoms with Crippen molar-refractivity contribution < 1.29 is 13.2 Å². The zero-order valence-corrected chi connectivity index (χ0v) is 20.8. The topological polar surface area (TPSA) is 71.0 Å². The van der Waals surface area contributed by atoms with Gasteiger partial charge >= 0.3 is 0 Å². The normalized spacial score (nSPS) is 17.4. The highest BCUT2D eigenvalue weighted by Crippen LogP contribution is 2.25. The first-order valence-corrected chi connectivity index (χ1v) is 11.5. The van der Waals surface area contributed by atoms with Gasteiger partial charge in [-0.15, -0.1) is 24.0 Å². The van der Waals surface area contributed by atoms with Gasteiger partial charge in [0.2, 0.25) is 0 Å². The number of rotatable bonds is 5. The summed E-state index contributed by atoms with van der Waals surface area (Å²) in [5.41, 5.74) is 3.63. The van der Waals surface area contributed by atoms with Crippen molar-refractivity contribution in [2.45, 2.75) is 24.8 Å². The number of nitrogens with zero attached hydrogens (tertiary/aromatic N) is 2. The van der Waals surface area contributed by atoms with Crippen LogP contribution in [0.15, 0.2) is 58.4 Å². The van der Waals surface area contributed by atoms with Gasteiger partial charge in [-0.3, -0.25) is 4.99 Å². The van der Waals surface area contributed by atoms with Crippen LogP contribution < -0.4 is 5.32 Å². The van der Waals surface area contributed by atoms with Crippen LogP contribution in [0.3, 0.4) is 0 Å². The van der Waals surface area contributed by atoms with Gasteiger partial charge < -0.3 is 15.0 Å². The lowest BCUT2D eigenvalue weighted by atomic mass is 10.00. The number of hydrogen-bond acceptors (Lipinski definition) is 4. The Morgan fingerprint density at radius 3 is 2.60 bits per heavy atom. The van der Waals surface area contributed by atoms with Crippen molar-refractivity contribution in [1.29, 1.82) is 0 Å². The van der Waals surface area contributed by atoms with E-state index >= 15 is 0 Å². The molecule has 1 N–H and O–H groups in total. The fraction of sp³-hybridized carbons (Fsp3) is 0.409. The van der Waals surface area contributed by atoms with Crippen LogP contribution in [0.25, 0.3) is 0 Å². The van der Waals surface area contributed by atoms with Crippen molar-refractivity contribution in [3.05, 3.63) is 65.2 Å². The van der Waals surface area contributed by atoms with Gasteiger partial charge in [-0.2, -0.15) is 0 Å². The third-order valence-corrected chi connectivity index (χ3v) is 6.84. The lowest BCUT2D eigenvalue weighted by Gasteiger charge is -2.35. The van der Waals surface area contributed by atoms with Crippen LogP contribution in [0, 0.1) is 13.8 Å². The van der Waals surface area contributed by atoms with E-state index in [1.54, 1.807) is 31.3 Å². The zero-order valence-electron chi connectivity index (χ0n) is 17.7. The maximum atomic E-state index is 12.5. The van der Waals surface area contributed by atoms with Crippen molar-refractivity contribution in [1.82, 2.24) is 10.2 Å². The summed E-state index contributed by atoms with van der Waals surface area (Å²) in [6, 6.07) is 14.9. The fourth-order valence-corrected chi connectivity index (χ4v) is 4.77. The summed E-state index contributed by atoms with van der Waals surface area (Å²) in [4.78, 5) is 6.82. The summed E-state index contributed by atoms with van der Waals surface area (Å²) in [7, 11) is -1.60. The van der Waals surface area contributed by atoms with Crippen LogP contribution in [0.1, 0.15) is 22.8 Å². The van der Waals surface area contributed by atoms with Crippen LogP contribution >= 0.6 is 24.0 Å². The van der Waals surface area contributed by atoms with E-state index in [9.17, 15) is 8.42 Å². The highest BCUT2D eigenvalue weighted by Gasteiger charge is 2.25. The van der Waals surface area contributed by atoms with Gasteiger partial charge in [0.15, 0.2) is 15.8 Å². The summed E-state index contributed by atoms with van der Waals surface area (Å²) in [5.74, 6) is 0.715. The smallest absolute Gasteiger partial charge is 0.193 e. The number of halogens is 1. The van der Waals surface area contributed by atoms with Crippen molar-refractivity contribution in [3.8, 4) is 0 Å². The van der Waals surface area contributed by atoms with E-state index in [-0.39, 0.29) is 35.8 Å². The Morgan fingerprint density at radius 2 is 1.93 bits per heavy atom. The summed E-state index contributed by atoms with van der Waals surface area (Å²) in [6.07, 6.45) is -0.0315. The molecule has 0 radical (unpaired) electrons. The number of aryl methyl sites for hydroxylation is 2. The van der Waals surface area contributed by atoms with Crippen molar-refractivity contribution in [3.63, 3.8) is 0 Å². The fourth-order valence-electron chi connectivity index (χ4n) is 3.59. The highest BCUT2D eigenvalue weighted by atomic mass is 127. The van der Waals surface area contributed by atoms with Crippen LogP contribution in [0.2, 0.25) is 0 Å². The standard InChI is InChI=1S/C22H29N3O3S.HI/c1-17-9-10-20(18(2)15-17)21-16-25(12-13-28-21)22(23-3)24-11-14-29(26,27)19-7-5-4-6-8-19;/h4-10,15,21H,11-14,16H2,1-3H3,(H,23,24);1H. The molecule has 1 unspecified atom stereocenters. The van der Waals surface area contributed by atoms with Crippen molar-refractivity contribution >= 4 is 39.8 Å². The van der Waals surface area contributed by atoms with Gasteiger partial charge in [-0.1, -0.05) is 42.0 Å². The van der Waals surface area contributed by atoms with Crippen molar-refractivity contribution in [2.75, 3.05) is 39.0 Å². The Bertz CT molecular complexity index is 965. The van der Waals surface area contributed by atoms with Crippen molar-refractivity contribution in [2.24, 2.45) is 4.99 Å². The molecule has 6 nitrogen and oxygen atoms in total. The molecule has 0 amide bonds. The predicted molar refractivity (Wildman–Crippen MR) is 131 cm³/mol. The minimum atomic E-state index is -3.32. The lowest BCUT2D eigenvalue weighted by Crippen LogP contribution is -2.49. The molecule has 2 aromatic rings. The van der Waals surface area contributed by atoms with E-state index in [1.165, 1.54) is 16.7 Å². The zero-order chi connectivity index (χ0) is 20.9. The molecular formula is C22H30IN3O3S. The van der Waals surface area contributed by atoms with Gasteiger partial charge in [-0.05, 0) is 37.1 Å². The summed E-state index contributed by atoms with van der Waals surface area (Å²) in [5, 5.41) is 3.20. The van der Waals surface area contributed by atoms with Crippen LogP contribution in [0.5, 0.6) is 0 Å².